The molecule has 0 aliphatic heterocycles. The van der Waals surface area contributed by atoms with E-state index in [4.69, 9.17) is 46.4 Å². The molecule has 7 nitrogen and oxygen atoms in total. The lowest BCUT2D eigenvalue weighted by atomic mass is 10.1. The third kappa shape index (κ3) is 7.09. The zero-order valence-corrected chi connectivity index (χ0v) is 23.6. The van der Waals surface area contributed by atoms with Crippen molar-refractivity contribution in [1.82, 2.24) is 10.2 Å². The molecule has 12 heteroatoms. The monoisotopic (exact) mass is 601 g/mol. The molecule has 0 radical (unpaired) electrons. The van der Waals surface area contributed by atoms with Gasteiger partial charge in [-0.2, -0.15) is 0 Å². The van der Waals surface area contributed by atoms with Crippen molar-refractivity contribution in [1.29, 1.82) is 0 Å². The molecule has 1 unspecified atom stereocenters. The molecule has 0 aliphatic carbocycles. The van der Waals surface area contributed by atoms with Gasteiger partial charge in [0.2, 0.25) is 11.8 Å². The number of hydrogen-bond donors (Lipinski definition) is 1. The fourth-order valence-corrected chi connectivity index (χ4v) is 5.70. The van der Waals surface area contributed by atoms with Crippen molar-refractivity contribution in [2.24, 2.45) is 0 Å². The van der Waals surface area contributed by atoms with Gasteiger partial charge in [0.15, 0.2) is 0 Å². The van der Waals surface area contributed by atoms with Crippen LogP contribution in [0.3, 0.4) is 0 Å². The Labute approximate surface area is 235 Å². The van der Waals surface area contributed by atoms with E-state index < -0.39 is 34.4 Å². The number of likely N-dealkylation sites (N-methyl/N-ethyl adjacent to an activating group) is 1. The van der Waals surface area contributed by atoms with Crippen LogP contribution in [-0.2, 0) is 26.2 Å². The average molecular weight is 603 g/mol. The minimum atomic E-state index is -4.23. The molecule has 0 aromatic heterocycles. The SMILES string of the molecule is CNC(=O)C(C)N(Cc1ccc(Cl)cc1Cl)C(=O)CN(c1cccc(Cl)c1)S(=O)(=O)c1ccc(Cl)cc1. The molecular weight excluding hydrogens is 580 g/mol. The predicted molar refractivity (Wildman–Crippen MR) is 148 cm³/mol. The second-order valence-corrected chi connectivity index (χ2v) is 11.6. The summed E-state index contributed by atoms with van der Waals surface area (Å²) >= 11 is 24.4. The molecule has 0 spiro atoms. The van der Waals surface area contributed by atoms with Crippen LogP contribution < -0.4 is 9.62 Å². The van der Waals surface area contributed by atoms with Crippen LogP contribution >= 0.6 is 46.4 Å². The maximum atomic E-state index is 13.7. The van der Waals surface area contributed by atoms with Gasteiger partial charge < -0.3 is 10.2 Å². The van der Waals surface area contributed by atoms with E-state index in [1.807, 2.05) is 0 Å². The van der Waals surface area contributed by atoms with E-state index in [-0.39, 0.29) is 22.2 Å². The Morgan fingerprint density at radius 2 is 1.51 bits per heavy atom. The summed E-state index contributed by atoms with van der Waals surface area (Å²) in [7, 11) is -2.79. The first-order chi connectivity index (χ1) is 17.4. The van der Waals surface area contributed by atoms with Crippen molar-refractivity contribution < 1.29 is 18.0 Å². The fraction of sp³-hybridized carbons (Fsp3) is 0.200. The Kier molecular flexibility index (Phi) is 9.72. The lowest BCUT2D eigenvalue weighted by Crippen LogP contribution is -2.50. The highest BCUT2D eigenvalue weighted by Gasteiger charge is 2.32. The molecule has 0 fully saturated rings. The van der Waals surface area contributed by atoms with Crippen LogP contribution in [0.15, 0.2) is 71.6 Å². The summed E-state index contributed by atoms with van der Waals surface area (Å²) in [5, 5.41) is 3.86. The highest BCUT2D eigenvalue weighted by Crippen LogP contribution is 2.28. The number of benzene rings is 3. The van der Waals surface area contributed by atoms with Crippen molar-refractivity contribution >= 4 is 73.9 Å². The molecule has 3 rings (SSSR count). The van der Waals surface area contributed by atoms with Crippen LogP contribution in [0.4, 0.5) is 5.69 Å². The van der Waals surface area contributed by atoms with Gasteiger partial charge in [-0.25, -0.2) is 8.42 Å². The number of amides is 2. The number of anilines is 1. The Morgan fingerprint density at radius 1 is 0.892 bits per heavy atom. The zero-order chi connectivity index (χ0) is 27.3. The summed E-state index contributed by atoms with van der Waals surface area (Å²) < 4.78 is 28.3. The van der Waals surface area contributed by atoms with Crippen molar-refractivity contribution in [3.05, 3.63) is 92.4 Å². The van der Waals surface area contributed by atoms with Crippen molar-refractivity contribution in [2.45, 2.75) is 24.4 Å². The highest BCUT2D eigenvalue weighted by molar-refractivity contribution is 7.92. The Balaban J connectivity index is 2.05. The smallest absolute Gasteiger partial charge is 0.264 e. The topological polar surface area (TPSA) is 86.8 Å². The van der Waals surface area contributed by atoms with Gasteiger partial charge in [0.1, 0.15) is 12.6 Å². The Hall–Kier alpha value is -2.49. The number of carbonyl (C=O) groups excluding carboxylic acids is 2. The molecule has 0 saturated heterocycles. The summed E-state index contributed by atoms with van der Waals surface area (Å²) in [6.45, 7) is 0.865. The van der Waals surface area contributed by atoms with E-state index in [0.29, 0.717) is 20.6 Å². The van der Waals surface area contributed by atoms with Gasteiger partial charge in [-0.1, -0.05) is 58.5 Å². The summed E-state index contributed by atoms with van der Waals surface area (Å²) in [5.74, 6) is -1.08. The molecule has 1 atom stereocenters. The maximum absolute atomic E-state index is 13.7. The maximum Gasteiger partial charge on any atom is 0.264 e. The lowest BCUT2D eigenvalue weighted by Gasteiger charge is -2.32. The molecule has 3 aromatic carbocycles. The molecule has 1 N–H and O–H groups in total. The van der Waals surface area contributed by atoms with E-state index in [1.54, 1.807) is 24.3 Å². The van der Waals surface area contributed by atoms with Gasteiger partial charge >= 0.3 is 0 Å². The summed E-state index contributed by atoms with van der Waals surface area (Å²) in [6, 6.07) is 15.5. The molecule has 196 valence electrons. The van der Waals surface area contributed by atoms with Crippen molar-refractivity contribution in [2.75, 3.05) is 17.9 Å². The van der Waals surface area contributed by atoms with E-state index in [2.05, 4.69) is 5.32 Å². The number of halogens is 4. The number of sulfonamides is 1. The van der Waals surface area contributed by atoms with Crippen LogP contribution in [-0.4, -0.2) is 44.8 Å². The fourth-order valence-electron chi connectivity index (χ4n) is 3.52. The molecular formula is C25H23Cl4N3O4S. The molecule has 0 heterocycles. The minimum absolute atomic E-state index is 0.0617. The van der Waals surface area contributed by atoms with Gasteiger partial charge in [-0.15, -0.1) is 0 Å². The first kappa shape index (κ1) is 29.1. The van der Waals surface area contributed by atoms with Crippen molar-refractivity contribution in [3.8, 4) is 0 Å². The van der Waals surface area contributed by atoms with Crippen LogP contribution in [0.5, 0.6) is 0 Å². The third-order valence-electron chi connectivity index (χ3n) is 5.55. The summed E-state index contributed by atoms with van der Waals surface area (Å²) in [5.41, 5.74) is 0.706. The van der Waals surface area contributed by atoms with E-state index in [0.717, 1.165) is 4.31 Å². The van der Waals surface area contributed by atoms with Gasteiger partial charge in [0, 0.05) is 33.7 Å². The van der Waals surface area contributed by atoms with Gasteiger partial charge in [-0.3, -0.25) is 13.9 Å². The van der Waals surface area contributed by atoms with E-state index in [9.17, 15) is 18.0 Å². The average Bonchev–Trinajstić information content (AvgIpc) is 2.86. The molecule has 3 aromatic rings. The van der Waals surface area contributed by atoms with Crippen LogP contribution in [0.2, 0.25) is 20.1 Å². The van der Waals surface area contributed by atoms with Gasteiger partial charge in [-0.05, 0) is 67.1 Å². The molecule has 2 amide bonds. The number of carbonyl (C=O) groups is 2. The molecule has 0 aliphatic rings. The summed E-state index contributed by atoms with van der Waals surface area (Å²) in [6.07, 6.45) is 0. The quantitative estimate of drug-likeness (QED) is 0.342. The Bertz CT molecular complexity index is 1400. The third-order valence-corrected chi connectivity index (χ3v) is 8.41. The highest BCUT2D eigenvalue weighted by atomic mass is 35.5. The zero-order valence-electron chi connectivity index (χ0n) is 19.8. The predicted octanol–water partition coefficient (Wildman–Crippen LogP) is 5.66. The standard InChI is InChI=1S/C25H23Cl4N3O4S/c1-16(25(34)30-2)31(14-17-6-7-20(28)13-23(17)29)24(33)15-32(21-5-3-4-19(27)12-21)37(35,36)22-10-8-18(26)9-11-22/h3-13,16H,14-15H2,1-2H3,(H,30,34). The van der Waals surface area contributed by atoms with E-state index in [1.165, 1.54) is 61.3 Å². The van der Waals surface area contributed by atoms with Crippen LogP contribution in [0.25, 0.3) is 0 Å². The first-order valence-electron chi connectivity index (χ1n) is 10.9. The second kappa shape index (κ2) is 12.4. The molecule has 37 heavy (non-hydrogen) atoms. The first-order valence-corrected chi connectivity index (χ1v) is 13.9. The second-order valence-electron chi connectivity index (χ2n) is 7.99. The largest absolute Gasteiger partial charge is 0.357 e. The summed E-state index contributed by atoms with van der Waals surface area (Å²) in [4.78, 5) is 27.4. The van der Waals surface area contributed by atoms with E-state index >= 15 is 0 Å². The Morgan fingerprint density at radius 3 is 2.11 bits per heavy atom. The normalized spacial score (nSPS) is 12.1. The van der Waals surface area contributed by atoms with Gasteiger partial charge in [0.05, 0.1) is 10.6 Å². The number of nitrogens with one attached hydrogen (secondary N) is 1. The van der Waals surface area contributed by atoms with Gasteiger partial charge in [0.25, 0.3) is 10.0 Å². The number of nitrogens with zero attached hydrogens (tertiary/aromatic N) is 2. The van der Waals surface area contributed by atoms with Crippen molar-refractivity contribution in [3.63, 3.8) is 0 Å². The van der Waals surface area contributed by atoms with Crippen LogP contribution in [0, 0.1) is 0 Å². The number of rotatable bonds is 9. The van der Waals surface area contributed by atoms with Crippen LogP contribution in [0.1, 0.15) is 12.5 Å². The number of hydrogen-bond acceptors (Lipinski definition) is 4. The minimum Gasteiger partial charge on any atom is -0.357 e. The molecule has 0 saturated carbocycles. The lowest BCUT2D eigenvalue weighted by molar-refractivity contribution is -0.139. The molecule has 0 bridgehead atoms.